The molecular formula is C10H20N2O2. The fraction of sp³-hybridized carbons (Fsp3) is 0.900. The molecule has 0 saturated carbocycles. The predicted octanol–water partition coefficient (Wildman–Crippen LogP) is 0.363. The maximum Gasteiger partial charge on any atom is 0.222 e. The number of nitrogens with zero attached hydrogens (tertiary/aromatic N) is 1. The highest BCUT2D eigenvalue weighted by atomic mass is 16.5. The predicted molar refractivity (Wildman–Crippen MR) is 54.9 cm³/mol. The van der Waals surface area contributed by atoms with E-state index in [2.05, 4.69) is 0 Å². The third-order valence-corrected chi connectivity index (χ3v) is 2.37. The standard InChI is InChI=1S/C10H20N2O2/c1-10(2)8-12(6-7-14-10)9(13)4-3-5-11/h3-8,11H2,1-2H3. The first-order valence-corrected chi connectivity index (χ1v) is 5.17. The molecular weight excluding hydrogens is 180 g/mol. The van der Waals surface area contributed by atoms with Crippen molar-refractivity contribution in [2.24, 2.45) is 5.73 Å². The van der Waals surface area contributed by atoms with Crippen LogP contribution in [0.4, 0.5) is 0 Å². The molecule has 0 atom stereocenters. The van der Waals surface area contributed by atoms with Crippen LogP contribution < -0.4 is 5.73 Å². The Labute approximate surface area is 85.4 Å². The lowest BCUT2D eigenvalue weighted by Crippen LogP contribution is -2.50. The normalized spacial score (nSPS) is 20.9. The summed E-state index contributed by atoms with van der Waals surface area (Å²) in [6.45, 7) is 6.65. The van der Waals surface area contributed by atoms with Crippen LogP contribution in [0.1, 0.15) is 26.7 Å². The Kier molecular flexibility index (Phi) is 3.89. The summed E-state index contributed by atoms with van der Waals surface area (Å²) >= 11 is 0. The highest BCUT2D eigenvalue weighted by molar-refractivity contribution is 5.76. The lowest BCUT2D eigenvalue weighted by atomic mass is 10.1. The van der Waals surface area contributed by atoms with Crippen molar-refractivity contribution in [3.63, 3.8) is 0 Å². The number of nitrogens with two attached hydrogens (primary N) is 1. The molecule has 14 heavy (non-hydrogen) atoms. The van der Waals surface area contributed by atoms with Crippen molar-refractivity contribution in [1.29, 1.82) is 0 Å². The van der Waals surface area contributed by atoms with Gasteiger partial charge in [-0.2, -0.15) is 0 Å². The molecule has 0 spiro atoms. The van der Waals surface area contributed by atoms with Crippen molar-refractivity contribution in [1.82, 2.24) is 4.90 Å². The molecule has 1 aliphatic heterocycles. The molecule has 1 rings (SSSR count). The summed E-state index contributed by atoms with van der Waals surface area (Å²) < 4.78 is 5.53. The fourth-order valence-electron chi connectivity index (χ4n) is 1.64. The van der Waals surface area contributed by atoms with Gasteiger partial charge in [0.25, 0.3) is 0 Å². The van der Waals surface area contributed by atoms with Gasteiger partial charge in [0.2, 0.25) is 5.91 Å². The van der Waals surface area contributed by atoms with Gasteiger partial charge in [0.1, 0.15) is 0 Å². The molecule has 0 aromatic heterocycles. The highest BCUT2D eigenvalue weighted by Crippen LogP contribution is 2.17. The molecule has 4 nitrogen and oxygen atoms in total. The third-order valence-electron chi connectivity index (χ3n) is 2.37. The average Bonchev–Trinajstić information content (AvgIpc) is 2.12. The summed E-state index contributed by atoms with van der Waals surface area (Å²) in [5.74, 6) is 0.201. The smallest absolute Gasteiger partial charge is 0.222 e. The summed E-state index contributed by atoms with van der Waals surface area (Å²) in [5.41, 5.74) is 5.17. The molecule has 1 fully saturated rings. The van der Waals surface area contributed by atoms with Gasteiger partial charge in [-0.15, -0.1) is 0 Å². The van der Waals surface area contributed by atoms with E-state index in [9.17, 15) is 4.79 Å². The second-order valence-corrected chi connectivity index (χ2v) is 4.32. The molecule has 0 radical (unpaired) electrons. The van der Waals surface area contributed by atoms with Gasteiger partial charge in [-0.1, -0.05) is 0 Å². The van der Waals surface area contributed by atoms with E-state index in [1.54, 1.807) is 0 Å². The number of ether oxygens (including phenoxy) is 1. The van der Waals surface area contributed by atoms with E-state index < -0.39 is 0 Å². The third kappa shape index (κ3) is 3.27. The van der Waals surface area contributed by atoms with Gasteiger partial charge in [-0.25, -0.2) is 0 Å². The summed E-state index contributed by atoms with van der Waals surface area (Å²) in [5, 5.41) is 0. The molecule has 1 heterocycles. The molecule has 1 saturated heterocycles. The molecule has 0 aliphatic carbocycles. The minimum atomic E-state index is -0.198. The van der Waals surface area contributed by atoms with Gasteiger partial charge in [-0.05, 0) is 26.8 Å². The molecule has 82 valence electrons. The van der Waals surface area contributed by atoms with Gasteiger partial charge in [0, 0.05) is 19.5 Å². The van der Waals surface area contributed by atoms with Crippen molar-refractivity contribution in [2.45, 2.75) is 32.3 Å². The summed E-state index contributed by atoms with van der Waals surface area (Å²) in [4.78, 5) is 13.5. The molecule has 1 amide bonds. The van der Waals surface area contributed by atoms with Crippen LogP contribution in [0.25, 0.3) is 0 Å². The van der Waals surface area contributed by atoms with E-state index in [1.165, 1.54) is 0 Å². The Bertz CT molecular complexity index is 204. The molecule has 0 aromatic rings. The van der Waals surface area contributed by atoms with Gasteiger partial charge in [0.15, 0.2) is 0 Å². The van der Waals surface area contributed by atoms with Gasteiger partial charge >= 0.3 is 0 Å². The van der Waals surface area contributed by atoms with E-state index >= 15 is 0 Å². The molecule has 0 unspecified atom stereocenters. The van der Waals surface area contributed by atoms with Crippen LogP contribution in [0.3, 0.4) is 0 Å². The SMILES string of the molecule is CC1(C)CN(C(=O)CCCN)CCO1. The Morgan fingerprint density at radius 3 is 2.86 bits per heavy atom. The second-order valence-electron chi connectivity index (χ2n) is 4.32. The second kappa shape index (κ2) is 4.75. The Morgan fingerprint density at radius 1 is 1.57 bits per heavy atom. The zero-order valence-corrected chi connectivity index (χ0v) is 9.08. The Hall–Kier alpha value is -0.610. The number of hydrogen-bond acceptors (Lipinski definition) is 3. The van der Waals surface area contributed by atoms with Crippen LogP contribution in [-0.2, 0) is 9.53 Å². The molecule has 0 bridgehead atoms. The van der Waals surface area contributed by atoms with Crippen LogP contribution in [0.15, 0.2) is 0 Å². The van der Waals surface area contributed by atoms with Gasteiger partial charge in [-0.3, -0.25) is 4.79 Å². The Balaban J connectivity index is 2.40. The number of carbonyl (C=O) groups excluding carboxylic acids is 1. The van der Waals surface area contributed by atoms with E-state index in [0.717, 1.165) is 6.42 Å². The van der Waals surface area contributed by atoms with Crippen LogP contribution >= 0.6 is 0 Å². The van der Waals surface area contributed by atoms with Crippen molar-refractivity contribution >= 4 is 5.91 Å². The summed E-state index contributed by atoms with van der Waals surface area (Å²) in [6, 6.07) is 0. The minimum Gasteiger partial charge on any atom is -0.372 e. The minimum absolute atomic E-state index is 0.198. The first kappa shape index (κ1) is 11.5. The van der Waals surface area contributed by atoms with Gasteiger partial charge in [0.05, 0.1) is 12.2 Å². The maximum absolute atomic E-state index is 11.7. The number of rotatable bonds is 3. The van der Waals surface area contributed by atoms with Crippen molar-refractivity contribution < 1.29 is 9.53 Å². The van der Waals surface area contributed by atoms with Gasteiger partial charge < -0.3 is 15.4 Å². The van der Waals surface area contributed by atoms with Crippen LogP contribution in [0, 0.1) is 0 Å². The van der Waals surface area contributed by atoms with Crippen LogP contribution in [0.2, 0.25) is 0 Å². The first-order chi connectivity index (χ1) is 6.55. The monoisotopic (exact) mass is 200 g/mol. The van der Waals surface area contributed by atoms with Crippen molar-refractivity contribution in [3.05, 3.63) is 0 Å². The number of amides is 1. The summed E-state index contributed by atoms with van der Waals surface area (Å²) in [7, 11) is 0. The average molecular weight is 200 g/mol. The molecule has 0 aromatic carbocycles. The largest absolute Gasteiger partial charge is 0.372 e. The summed E-state index contributed by atoms with van der Waals surface area (Å²) in [6.07, 6.45) is 1.34. The van der Waals surface area contributed by atoms with Crippen LogP contribution in [0.5, 0.6) is 0 Å². The highest BCUT2D eigenvalue weighted by Gasteiger charge is 2.29. The number of carbonyl (C=O) groups is 1. The number of morpholine rings is 1. The molecule has 1 aliphatic rings. The topological polar surface area (TPSA) is 55.6 Å². The number of hydrogen-bond donors (Lipinski definition) is 1. The quantitative estimate of drug-likeness (QED) is 0.715. The maximum atomic E-state index is 11.7. The zero-order valence-electron chi connectivity index (χ0n) is 9.08. The van der Waals surface area contributed by atoms with E-state index in [0.29, 0.717) is 32.7 Å². The van der Waals surface area contributed by atoms with Crippen LogP contribution in [-0.4, -0.2) is 42.6 Å². The lowest BCUT2D eigenvalue weighted by molar-refractivity contribution is -0.145. The zero-order chi connectivity index (χ0) is 10.6. The van der Waals surface area contributed by atoms with E-state index in [-0.39, 0.29) is 11.5 Å². The molecule has 2 N–H and O–H groups in total. The van der Waals surface area contributed by atoms with E-state index in [4.69, 9.17) is 10.5 Å². The Morgan fingerprint density at radius 2 is 2.29 bits per heavy atom. The lowest BCUT2D eigenvalue weighted by Gasteiger charge is -2.38. The van der Waals surface area contributed by atoms with Crippen molar-refractivity contribution in [3.8, 4) is 0 Å². The fourth-order valence-corrected chi connectivity index (χ4v) is 1.64. The van der Waals surface area contributed by atoms with E-state index in [1.807, 2.05) is 18.7 Å². The molecule has 4 heteroatoms. The first-order valence-electron chi connectivity index (χ1n) is 5.17. The van der Waals surface area contributed by atoms with Crippen molar-refractivity contribution in [2.75, 3.05) is 26.2 Å².